The normalized spacial score (nSPS) is 13.3. The Kier molecular flexibility index (Phi) is 7.27. The largest absolute Gasteiger partial charge is 0.493 e. The molecule has 0 saturated carbocycles. The van der Waals surface area contributed by atoms with Crippen LogP contribution < -0.4 is 14.8 Å². The van der Waals surface area contributed by atoms with Crippen molar-refractivity contribution in [3.05, 3.63) is 35.0 Å². The number of benzene rings is 1. The van der Waals surface area contributed by atoms with Crippen LogP contribution in [0.25, 0.3) is 0 Å². The molecule has 0 saturated heterocycles. The summed E-state index contributed by atoms with van der Waals surface area (Å²) in [7, 11) is 1.60. The first-order valence-electron chi connectivity index (χ1n) is 10.8. The van der Waals surface area contributed by atoms with Crippen molar-refractivity contribution in [2.75, 3.05) is 25.6 Å². The number of methoxy groups -OCH3 is 1. The number of hydrogen-bond acceptors (Lipinski definition) is 6. The second-order valence-electron chi connectivity index (χ2n) is 8.65. The van der Waals surface area contributed by atoms with Crippen LogP contribution in [0.1, 0.15) is 50.9 Å². The van der Waals surface area contributed by atoms with Crippen LogP contribution >= 0.6 is 0 Å². The number of nitrogens with zero attached hydrogens (tertiary/aromatic N) is 2. The number of amides is 2. The number of fused-ring (bicyclic) bond motifs is 1. The van der Waals surface area contributed by atoms with E-state index in [9.17, 15) is 9.59 Å². The summed E-state index contributed by atoms with van der Waals surface area (Å²) in [5, 5.41) is 10.1. The van der Waals surface area contributed by atoms with E-state index in [1.807, 2.05) is 45.9 Å². The summed E-state index contributed by atoms with van der Waals surface area (Å²) in [5.41, 5.74) is 2.18. The molecule has 0 fully saturated rings. The van der Waals surface area contributed by atoms with Gasteiger partial charge in [-0.1, -0.05) is 6.07 Å². The fraction of sp³-hybridized carbons (Fsp3) is 0.522. The number of aromatic amines is 1. The zero-order chi connectivity index (χ0) is 23.3. The molecule has 9 nitrogen and oxygen atoms in total. The van der Waals surface area contributed by atoms with E-state index in [2.05, 4.69) is 15.5 Å². The van der Waals surface area contributed by atoms with Crippen molar-refractivity contribution in [2.24, 2.45) is 0 Å². The van der Waals surface area contributed by atoms with Gasteiger partial charge in [0.15, 0.2) is 17.3 Å². The summed E-state index contributed by atoms with van der Waals surface area (Å²) in [6.07, 6.45) is 1.11. The molecule has 2 N–H and O–H groups in total. The summed E-state index contributed by atoms with van der Waals surface area (Å²) in [5.74, 6) is 1.74. The third-order valence-electron chi connectivity index (χ3n) is 5.01. The molecule has 32 heavy (non-hydrogen) atoms. The Morgan fingerprint density at radius 1 is 1.25 bits per heavy atom. The van der Waals surface area contributed by atoms with Crippen LogP contribution in [0.4, 0.5) is 10.6 Å². The first-order chi connectivity index (χ1) is 15.2. The SMILES string of the molecule is CCOc1ccc(CCC(=O)Nc2n[nH]c3c2CCN(C(=O)OC(C)(C)C)C3)cc1OC. The van der Waals surface area contributed by atoms with Crippen LogP contribution in [-0.2, 0) is 28.9 Å². The van der Waals surface area contributed by atoms with Gasteiger partial charge in [-0.3, -0.25) is 9.89 Å². The first-order valence-corrected chi connectivity index (χ1v) is 10.8. The molecule has 1 aliphatic rings. The number of ether oxygens (including phenoxy) is 3. The predicted octanol–water partition coefficient (Wildman–Crippen LogP) is 3.68. The zero-order valence-electron chi connectivity index (χ0n) is 19.4. The summed E-state index contributed by atoms with van der Waals surface area (Å²) in [4.78, 5) is 26.5. The van der Waals surface area contributed by atoms with Crippen LogP contribution in [0.3, 0.4) is 0 Å². The molecule has 9 heteroatoms. The van der Waals surface area contributed by atoms with Crippen molar-refractivity contribution in [3.63, 3.8) is 0 Å². The van der Waals surface area contributed by atoms with Gasteiger partial charge in [0.2, 0.25) is 5.91 Å². The molecule has 3 rings (SSSR count). The quantitative estimate of drug-likeness (QED) is 0.675. The molecule has 0 atom stereocenters. The molecule has 2 aromatic rings. The molecular formula is C23H32N4O5. The predicted molar refractivity (Wildman–Crippen MR) is 120 cm³/mol. The monoisotopic (exact) mass is 444 g/mol. The number of aryl methyl sites for hydroxylation is 1. The van der Waals surface area contributed by atoms with Gasteiger partial charge in [0.1, 0.15) is 5.60 Å². The molecule has 1 aromatic heterocycles. The van der Waals surface area contributed by atoms with E-state index in [4.69, 9.17) is 14.2 Å². The standard InChI is InChI=1S/C23H32N4O5/c1-6-31-18-9-7-15(13-19(18)30-5)8-10-20(28)24-21-16-11-12-27(14-17(16)25-26-21)22(29)32-23(2,3)4/h7,9,13H,6,8,10-12,14H2,1-5H3,(H2,24,25,26,28). The zero-order valence-corrected chi connectivity index (χ0v) is 19.4. The molecule has 1 aliphatic heterocycles. The number of aromatic nitrogens is 2. The smallest absolute Gasteiger partial charge is 0.410 e. The molecule has 0 bridgehead atoms. The second-order valence-corrected chi connectivity index (χ2v) is 8.65. The van der Waals surface area contributed by atoms with Gasteiger partial charge in [-0.05, 0) is 58.2 Å². The number of nitrogens with one attached hydrogen (secondary N) is 2. The van der Waals surface area contributed by atoms with Gasteiger partial charge >= 0.3 is 6.09 Å². The molecule has 0 unspecified atom stereocenters. The van der Waals surface area contributed by atoms with E-state index >= 15 is 0 Å². The maximum Gasteiger partial charge on any atom is 0.410 e. The highest BCUT2D eigenvalue weighted by molar-refractivity contribution is 5.90. The lowest BCUT2D eigenvalue weighted by Crippen LogP contribution is -2.39. The Morgan fingerprint density at radius 2 is 2.03 bits per heavy atom. The van der Waals surface area contributed by atoms with E-state index in [0.29, 0.717) is 56.3 Å². The number of carbonyl (C=O) groups is 2. The molecule has 0 radical (unpaired) electrons. The highest BCUT2D eigenvalue weighted by Gasteiger charge is 2.28. The van der Waals surface area contributed by atoms with Crippen molar-refractivity contribution < 1.29 is 23.8 Å². The third kappa shape index (κ3) is 5.93. The van der Waals surface area contributed by atoms with E-state index in [1.165, 1.54) is 0 Å². The maximum absolute atomic E-state index is 12.5. The number of H-pyrrole nitrogens is 1. The fourth-order valence-electron chi connectivity index (χ4n) is 3.50. The van der Waals surface area contributed by atoms with Crippen molar-refractivity contribution in [3.8, 4) is 11.5 Å². The third-order valence-corrected chi connectivity index (χ3v) is 5.01. The highest BCUT2D eigenvalue weighted by Crippen LogP contribution is 2.29. The summed E-state index contributed by atoms with van der Waals surface area (Å²) >= 11 is 0. The molecule has 1 aromatic carbocycles. The van der Waals surface area contributed by atoms with Gasteiger partial charge in [0.05, 0.1) is 26.0 Å². The highest BCUT2D eigenvalue weighted by atomic mass is 16.6. The van der Waals surface area contributed by atoms with Crippen LogP contribution in [-0.4, -0.2) is 53.0 Å². The minimum absolute atomic E-state index is 0.123. The molecule has 0 spiro atoms. The second kappa shape index (κ2) is 9.93. The van der Waals surface area contributed by atoms with Crippen LogP contribution in [0.15, 0.2) is 18.2 Å². The minimum atomic E-state index is -0.544. The fourth-order valence-corrected chi connectivity index (χ4v) is 3.50. The van der Waals surface area contributed by atoms with E-state index in [0.717, 1.165) is 16.8 Å². The molecule has 0 aliphatic carbocycles. The van der Waals surface area contributed by atoms with Crippen LogP contribution in [0.5, 0.6) is 11.5 Å². The van der Waals surface area contributed by atoms with Gasteiger partial charge < -0.3 is 24.4 Å². The number of anilines is 1. The van der Waals surface area contributed by atoms with E-state index in [-0.39, 0.29) is 12.0 Å². The summed E-state index contributed by atoms with van der Waals surface area (Å²) in [6, 6.07) is 5.68. The minimum Gasteiger partial charge on any atom is -0.493 e. The van der Waals surface area contributed by atoms with Gasteiger partial charge in [0, 0.05) is 18.5 Å². The Bertz CT molecular complexity index is 964. The van der Waals surface area contributed by atoms with Gasteiger partial charge in [-0.2, -0.15) is 5.10 Å². The Labute approximate surface area is 188 Å². The lowest BCUT2D eigenvalue weighted by Gasteiger charge is -2.29. The van der Waals surface area contributed by atoms with Crippen molar-refractivity contribution in [1.82, 2.24) is 15.1 Å². The lowest BCUT2D eigenvalue weighted by atomic mass is 10.1. The average molecular weight is 445 g/mol. The van der Waals surface area contributed by atoms with E-state index < -0.39 is 5.60 Å². The van der Waals surface area contributed by atoms with Crippen molar-refractivity contribution in [2.45, 2.75) is 59.1 Å². The van der Waals surface area contributed by atoms with Gasteiger partial charge in [-0.15, -0.1) is 0 Å². The summed E-state index contributed by atoms with van der Waals surface area (Å²) in [6.45, 7) is 8.88. The number of rotatable bonds is 7. The molecule has 2 amide bonds. The Balaban J connectivity index is 1.56. The molecule has 174 valence electrons. The topological polar surface area (TPSA) is 106 Å². The van der Waals surface area contributed by atoms with Crippen molar-refractivity contribution in [1.29, 1.82) is 0 Å². The molecular weight excluding hydrogens is 412 g/mol. The summed E-state index contributed by atoms with van der Waals surface area (Å²) < 4.78 is 16.3. The lowest BCUT2D eigenvalue weighted by molar-refractivity contribution is -0.116. The Morgan fingerprint density at radius 3 is 2.72 bits per heavy atom. The molecule has 2 heterocycles. The number of carbonyl (C=O) groups excluding carboxylic acids is 2. The maximum atomic E-state index is 12.5. The Hall–Kier alpha value is -3.23. The van der Waals surface area contributed by atoms with Crippen LogP contribution in [0, 0.1) is 0 Å². The number of hydrogen-bond donors (Lipinski definition) is 2. The van der Waals surface area contributed by atoms with Crippen LogP contribution in [0.2, 0.25) is 0 Å². The average Bonchev–Trinajstić information content (AvgIpc) is 3.14. The van der Waals surface area contributed by atoms with Gasteiger partial charge in [-0.25, -0.2) is 4.79 Å². The van der Waals surface area contributed by atoms with Gasteiger partial charge in [0.25, 0.3) is 0 Å². The first kappa shape index (κ1) is 23.4. The van der Waals surface area contributed by atoms with E-state index in [1.54, 1.807) is 12.0 Å². The van der Waals surface area contributed by atoms with Crippen molar-refractivity contribution >= 4 is 17.8 Å².